The summed E-state index contributed by atoms with van der Waals surface area (Å²) >= 11 is 1.78. The van der Waals surface area contributed by atoms with Crippen molar-refractivity contribution in [2.75, 3.05) is 28.9 Å². The van der Waals surface area contributed by atoms with Crippen LogP contribution in [0.5, 0.6) is 0 Å². The third-order valence-corrected chi connectivity index (χ3v) is 7.67. The van der Waals surface area contributed by atoms with Gasteiger partial charge in [0, 0.05) is 30.2 Å². The van der Waals surface area contributed by atoms with Gasteiger partial charge in [0.2, 0.25) is 10.0 Å². The lowest BCUT2D eigenvalue weighted by Crippen LogP contribution is -2.38. The summed E-state index contributed by atoms with van der Waals surface area (Å²) in [6, 6.07) is 15.2. The summed E-state index contributed by atoms with van der Waals surface area (Å²) in [6.07, 6.45) is 1.53. The van der Waals surface area contributed by atoms with E-state index in [1.807, 2.05) is 12.1 Å². The van der Waals surface area contributed by atoms with E-state index in [0.717, 1.165) is 17.9 Å². The monoisotopic (exact) mass is 418 g/mol. The maximum absolute atomic E-state index is 12.4. The molecule has 2 aromatic carbocycles. The van der Waals surface area contributed by atoms with Gasteiger partial charge in [-0.05, 0) is 49.1 Å². The summed E-state index contributed by atoms with van der Waals surface area (Å²) in [5.41, 5.74) is 3.65. The molecule has 0 atom stereocenters. The quantitative estimate of drug-likeness (QED) is 0.698. The lowest BCUT2D eigenvalue weighted by molar-refractivity contribution is 0.0956. The highest BCUT2D eigenvalue weighted by molar-refractivity contribution is 7.98. The van der Waals surface area contributed by atoms with Crippen molar-refractivity contribution in [3.8, 4) is 0 Å². The topological polar surface area (TPSA) is 66.5 Å². The molecule has 150 valence electrons. The standard InChI is InChI=1S/C21H26N2O3S2/c1-17-7-2-3-8-19(17)16-27-13-11-22-21(24)18-9-6-10-20(15-18)23-12-4-5-14-28(23,25)26/h2-3,6-10,15H,4-5,11-14,16H2,1H3,(H,22,24). The average Bonchev–Trinajstić information content (AvgIpc) is 2.68. The molecule has 0 bridgehead atoms. The minimum Gasteiger partial charge on any atom is -0.351 e. The number of anilines is 1. The number of nitrogens with one attached hydrogen (secondary N) is 1. The van der Waals surface area contributed by atoms with E-state index in [-0.39, 0.29) is 11.7 Å². The normalized spacial score (nSPS) is 16.0. The van der Waals surface area contributed by atoms with Gasteiger partial charge >= 0.3 is 0 Å². The van der Waals surface area contributed by atoms with E-state index in [1.165, 1.54) is 15.4 Å². The summed E-state index contributed by atoms with van der Waals surface area (Å²) in [5, 5.41) is 2.92. The number of carbonyl (C=O) groups excluding carboxylic acids is 1. The van der Waals surface area contributed by atoms with Crippen molar-refractivity contribution in [3.05, 3.63) is 65.2 Å². The van der Waals surface area contributed by atoms with E-state index in [1.54, 1.807) is 36.0 Å². The lowest BCUT2D eigenvalue weighted by atomic mass is 10.1. The predicted molar refractivity (Wildman–Crippen MR) is 116 cm³/mol. The van der Waals surface area contributed by atoms with Crippen LogP contribution in [-0.2, 0) is 15.8 Å². The first-order valence-corrected chi connectivity index (χ1v) is 12.2. The Kier molecular flexibility index (Phi) is 7.02. The number of nitrogens with zero attached hydrogens (tertiary/aromatic N) is 1. The van der Waals surface area contributed by atoms with Crippen molar-refractivity contribution in [1.82, 2.24) is 5.32 Å². The molecule has 0 unspecified atom stereocenters. The summed E-state index contributed by atoms with van der Waals surface area (Å²) in [6.45, 7) is 3.15. The molecule has 0 aromatic heterocycles. The number of amides is 1. The van der Waals surface area contributed by atoms with Crippen LogP contribution in [0.1, 0.15) is 34.3 Å². The minimum absolute atomic E-state index is 0.168. The van der Waals surface area contributed by atoms with Crippen LogP contribution >= 0.6 is 11.8 Å². The van der Waals surface area contributed by atoms with Gasteiger partial charge in [-0.1, -0.05) is 30.3 Å². The fourth-order valence-corrected chi connectivity index (χ4v) is 5.74. The average molecular weight is 419 g/mol. The smallest absolute Gasteiger partial charge is 0.251 e. The third-order valence-electron chi connectivity index (χ3n) is 4.80. The fraction of sp³-hybridized carbons (Fsp3) is 0.381. The van der Waals surface area contributed by atoms with E-state index in [4.69, 9.17) is 0 Å². The number of rotatable bonds is 7. The summed E-state index contributed by atoms with van der Waals surface area (Å²) < 4.78 is 26.0. The van der Waals surface area contributed by atoms with Gasteiger partial charge in [-0.3, -0.25) is 9.10 Å². The van der Waals surface area contributed by atoms with Crippen LogP contribution in [0, 0.1) is 6.92 Å². The lowest BCUT2D eigenvalue weighted by Gasteiger charge is -2.28. The molecule has 1 saturated heterocycles. The molecular weight excluding hydrogens is 392 g/mol. The molecule has 1 N–H and O–H groups in total. The van der Waals surface area contributed by atoms with Crippen molar-refractivity contribution < 1.29 is 13.2 Å². The number of carbonyl (C=O) groups is 1. The molecular formula is C21H26N2O3S2. The van der Waals surface area contributed by atoms with E-state index >= 15 is 0 Å². The maximum atomic E-state index is 12.4. The number of benzene rings is 2. The molecule has 5 nitrogen and oxygen atoms in total. The molecule has 0 saturated carbocycles. The van der Waals surface area contributed by atoms with Crippen LogP contribution in [-0.4, -0.2) is 38.9 Å². The Morgan fingerprint density at radius 1 is 1.14 bits per heavy atom. The van der Waals surface area contributed by atoms with Crippen molar-refractivity contribution in [2.45, 2.75) is 25.5 Å². The predicted octanol–water partition coefficient (Wildman–Crippen LogP) is 3.59. The summed E-state index contributed by atoms with van der Waals surface area (Å²) in [4.78, 5) is 12.4. The van der Waals surface area contributed by atoms with Gasteiger partial charge in [0.1, 0.15) is 0 Å². The van der Waals surface area contributed by atoms with E-state index < -0.39 is 10.0 Å². The maximum Gasteiger partial charge on any atom is 0.251 e. The highest BCUT2D eigenvalue weighted by atomic mass is 32.2. The number of aryl methyl sites for hydroxylation is 1. The largest absolute Gasteiger partial charge is 0.351 e. The molecule has 2 aromatic rings. The Balaban J connectivity index is 1.51. The second-order valence-electron chi connectivity index (χ2n) is 6.88. The fourth-order valence-electron chi connectivity index (χ4n) is 3.17. The molecule has 0 spiro atoms. The highest BCUT2D eigenvalue weighted by Gasteiger charge is 2.26. The van der Waals surface area contributed by atoms with Gasteiger partial charge in [-0.25, -0.2) is 8.42 Å². The Labute approximate surface area is 171 Å². The van der Waals surface area contributed by atoms with Crippen molar-refractivity contribution in [3.63, 3.8) is 0 Å². The minimum atomic E-state index is -3.27. The van der Waals surface area contributed by atoms with Gasteiger partial charge in [-0.2, -0.15) is 11.8 Å². The molecule has 1 amide bonds. The summed E-state index contributed by atoms with van der Waals surface area (Å²) in [5.74, 6) is 1.74. The van der Waals surface area contributed by atoms with Crippen LogP contribution in [0.4, 0.5) is 5.69 Å². The Hall–Kier alpha value is -1.99. The van der Waals surface area contributed by atoms with Crippen molar-refractivity contribution in [1.29, 1.82) is 0 Å². The van der Waals surface area contributed by atoms with Crippen LogP contribution in [0.3, 0.4) is 0 Å². The number of sulfonamides is 1. The first kappa shape index (κ1) is 20.7. The summed E-state index contributed by atoms with van der Waals surface area (Å²) in [7, 11) is -3.27. The first-order valence-electron chi connectivity index (χ1n) is 9.48. The van der Waals surface area contributed by atoms with Gasteiger partial charge in [0.05, 0.1) is 11.4 Å². The van der Waals surface area contributed by atoms with Crippen LogP contribution in [0.15, 0.2) is 48.5 Å². The Morgan fingerprint density at radius 3 is 2.75 bits per heavy atom. The zero-order valence-electron chi connectivity index (χ0n) is 16.1. The number of hydrogen-bond acceptors (Lipinski definition) is 4. The van der Waals surface area contributed by atoms with E-state index in [9.17, 15) is 13.2 Å². The molecule has 1 heterocycles. The first-order chi connectivity index (χ1) is 13.5. The van der Waals surface area contributed by atoms with Gasteiger partial charge in [0.15, 0.2) is 0 Å². The number of hydrogen-bond donors (Lipinski definition) is 1. The molecule has 3 rings (SSSR count). The Morgan fingerprint density at radius 2 is 1.96 bits per heavy atom. The molecule has 0 radical (unpaired) electrons. The second-order valence-corrected chi connectivity index (χ2v) is 10.00. The van der Waals surface area contributed by atoms with Crippen molar-refractivity contribution in [2.24, 2.45) is 0 Å². The van der Waals surface area contributed by atoms with Gasteiger partial charge < -0.3 is 5.32 Å². The van der Waals surface area contributed by atoms with Crippen molar-refractivity contribution >= 4 is 33.4 Å². The molecule has 28 heavy (non-hydrogen) atoms. The van der Waals surface area contributed by atoms with Crippen LogP contribution in [0.25, 0.3) is 0 Å². The molecule has 1 aliphatic rings. The van der Waals surface area contributed by atoms with Crippen LogP contribution in [0.2, 0.25) is 0 Å². The van der Waals surface area contributed by atoms with Crippen LogP contribution < -0.4 is 9.62 Å². The number of thioether (sulfide) groups is 1. The SMILES string of the molecule is Cc1ccccc1CSCCNC(=O)c1cccc(N2CCCCS2(=O)=O)c1. The zero-order valence-corrected chi connectivity index (χ0v) is 17.7. The zero-order chi connectivity index (χ0) is 20.0. The Bertz CT molecular complexity index is 929. The van der Waals surface area contributed by atoms with Gasteiger partial charge in [-0.15, -0.1) is 0 Å². The third kappa shape index (κ3) is 5.29. The highest BCUT2D eigenvalue weighted by Crippen LogP contribution is 2.24. The second kappa shape index (κ2) is 9.47. The molecule has 0 aliphatic carbocycles. The molecule has 7 heteroatoms. The van der Waals surface area contributed by atoms with Gasteiger partial charge in [0.25, 0.3) is 5.91 Å². The van der Waals surface area contributed by atoms with E-state index in [2.05, 4.69) is 24.4 Å². The molecule has 1 fully saturated rings. The van der Waals surface area contributed by atoms with E-state index in [0.29, 0.717) is 30.8 Å². The molecule has 1 aliphatic heterocycles.